The summed E-state index contributed by atoms with van der Waals surface area (Å²) in [5, 5.41) is 6.06. The molecule has 354 valence electrons. The minimum Gasteiger partial charge on any atom is -0.236 e. The molecule has 0 amide bonds. The Morgan fingerprint density at radius 2 is 0.421 bits per heavy atom. The molecule has 14 aromatic rings. The molecular weight excluding hydrogens is 941 g/mol. The van der Waals surface area contributed by atoms with Crippen molar-refractivity contribution in [2.45, 2.75) is 0 Å². The monoisotopic (exact) mass is 976 g/mol. The highest BCUT2D eigenvalue weighted by Crippen LogP contribution is 2.42. The lowest BCUT2D eigenvalue weighted by molar-refractivity contribution is 1.05. The molecule has 0 saturated carbocycles. The number of rotatable bonds is 10. The van der Waals surface area contributed by atoms with E-state index in [0.717, 1.165) is 65.7 Å². The second-order valence-electron chi connectivity index (χ2n) is 17.9. The van der Waals surface area contributed by atoms with Crippen molar-refractivity contribution in [3.05, 3.63) is 219 Å². The average molecular weight is 977 g/mol. The molecule has 6 heterocycles. The van der Waals surface area contributed by atoms with Crippen molar-refractivity contribution >= 4 is 32.3 Å². The van der Waals surface area contributed by atoms with Crippen LogP contribution in [0.5, 0.6) is 0 Å². The van der Waals surface area contributed by atoms with Gasteiger partial charge in [0.05, 0.1) is 22.3 Å². The zero-order chi connectivity index (χ0) is 50.4. The van der Waals surface area contributed by atoms with Crippen LogP contribution in [-0.2, 0) is 0 Å². The van der Waals surface area contributed by atoms with Gasteiger partial charge in [0, 0.05) is 83.0 Å². The predicted octanol–water partition coefficient (Wildman–Crippen LogP) is 12.8. The van der Waals surface area contributed by atoms with Crippen LogP contribution in [0.2, 0.25) is 0 Å². The van der Waals surface area contributed by atoms with Crippen LogP contribution in [0.15, 0.2) is 219 Å². The van der Waals surface area contributed by atoms with Crippen LogP contribution in [0, 0.1) is 0 Å². The Balaban J connectivity index is 0.912. The number of hydrogen-bond donors (Lipinski definition) is 0. The molecule has 0 spiro atoms. The molecule has 0 atom stereocenters. The van der Waals surface area contributed by atoms with Gasteiger partial charge in [-0.15, -0.1) is 0 Å². The molecule has 0 N–H and O–H groups in total. The fourth-order valence-corrected chi connectivity index (χ4v) is 9.42. The normalized spacial score (nSPS) is 11.4. The Morgan fingerprint density at radius 1 is 0.184 bits per heavy atom. The van der Waals surface area contributed by atoms with E-state index in [1.54, 1.807) is 49.6 Å². The number of aromatic nitrogens is 14. The van der Waals surface area contributed by atoms with E-state index >= 15 is 0 Å². The molecule has 14 rings (SSSR count). The molecular formula is C62H36N14. The molecule has 0 unspecified atom stereocenters. The first kappa shape index (κ1) is 43.9. The average Bonchev–Trinajstić information content (AvgIpc) is 3.58. The summed E-state index contributed by atoms with van der Waals surface area (Å²) in [6.45, 7) is 0. The standard InChI is InChI=1S/C62H36N14/c1-5-13-39(14-6-1)53-63-29-43(30-64-53)57-71-58(44-31-65-54(66-32-44)40-15-7-2-8-16-40)74-61(73-57)49-27-23-37-22-26-48-50(28-24-38-21-25-47(49)51(37)52(38)48)62-75-59(45-33-67-55(68-34-45)41-17-9-3-10-18-41)72-60(76-62)46-35-69-56(70-36-46)42-19-11-4-12-20-42/h1-36H. The van der Waals surface area contributed by atoms with Gasteiger partial charge in [-0.1, -0.05) is 158 Å². The summed E-state index contributed by atoms with van der Waals surface area (Å²) in [6.07, 6.45) is 14.0. The van der Waals surface area contributed by atoms with Gasteiger partial charge >= 0.3 is 0 Å². The van der Waals surface area contributed by atoms with Crippen molar-refractivity contribution in [1.82, 2.24) is 69.8 Å². The van der Waals surface area contributed by atoms with Crippen LogP contribution in [0.4, 0.5) is 0 Å². The van der Waals surface area contributed by atoms with E-state index in [1.807, 2.05) is 121 Å². The molecule has 76 heavy (non-hydrogen) atoms. The van der Waals surface area contributed by atoms with E-state index in [2.05, 4.69) is 48.5 Å². The van der Waals surface area contributed by atoms with Crippen LogP contribution in [-0.4, -0.2) is 69.8 Å². The number of nitrogens with zero attached hydrogens (tertiary/aromatic N) is 14. The van der Waals surface area contributed by atoms with Gasteiger partial charge in [-0.3, -0.25) is 0 Å². The molecule has 8 aromatic carbocycles. The summed E-state index contributed by atoms with van der Waals surface area (Å²) in [6, 6.07) is 56.3. The lowest BCUT2D eigenvalue weighted by Gasteiger charge is -2.16. The minimum atomic E-state index is 0.404. The molecule has 0 aliphatic rings. The third-order valence-corrected chi connectivity index (χ3v) is 13.2. The molecule has 6 aromatic heterocycles. The van der Waals surface area contributed by atoms with E-state index in [1.165, 1.54) is 0 Å². The highest BCUT2D eigenvalue weighted by atomic mass is 15.1. The summed E-state index contributed by atoms with van der Waals surface area (Å²) in [5.74, 6) is 4.92. The number of hydrogen-bond acceptors (Lipinski definition) is 14. The summed E-state index contributed by atoms with van der Waals surface area (Å²) in [5.41, 5.74) is 7.74. The first-order chi connectivity index (χ1) is 37.6. The Kier molecular flexibility index (Phi) is 10.8. The van der Waals surface area contributed by atoms with E-state index < -0.39 is 0 Å². The summed E-state index contributed by atoms with van der Waals surface area (Å²) < 4.78 is 0. The Hall–Kier alpha value is -10.9. The molecule has 0 radical (unpaired) electrons. The maximum Gasteiger partial charge on any atom is 0.167 e. The molecule has 0 aliphatic heterocycles. The van der Waals surface area contributed by atoms with Gasteiger partial charge in [0.2, 0.25) is 0 Å². The third-order valence-electron chi connectivity index (χ3n) is 13.2. The second-order valence-corrected chi connectivity index (χ2v) is 17.9. The smallest absolute Gasteiger partial charge is 0.167 e. The predicted molar refractivity (Wildman–Crippen MR) is 294 cm³/mol. The maximum atomic E-state index is 5.15. The first-order valence-corrected chi connectivity index (χ1v) is 24.4. The molecule has 0 bridgehead atoms. The zero-order valence-electron chi connectivity index (χ0n) is 40.0. The van der Waals surface area contributed by atoms with Crippen molar-refractivity contribution in [2.75, 3.05) is 0 Å². The fourth-order valence-electron chi connectivity index (χ4n) is 9.42. The lowest BCUT2D eigenvalue weighted by atomic mass is 9.89. The molecule has 0 fully saturated rings. The fraction of sp³-hybridized carbons (Fsp3) is 0. The van der Waals surface area contributed by atoms with Crippen molar-refractivity contribution in [3.8, 4) is 114 Å². The summed E-state index contributed by atoms with van der Waals surface area (Å²) in [7, 11) is 0. The van der Waals surface area contributed by atoms with E-state index in [-0.39, 0.29) is 0 Å². The van der Waals surface area contributed by atoms with Gasteiger partial charge in [0.25, 0.3) is 0 Å². The zero-order valence-corrected chi connectivity index (χ0v) is 40.0. The van der Waals surface area contributed by atoms with Crippen LogP contribution >= 0.6 is 0 Å². The van der Waals surface area contributed by atoms with Crippen molar-refractivity contribution in [2.24, 2.45) is 0 Å². The summed E-state index contributed by atoms with van der Waals surface area (Å²) >= 11 is 0. The first-order valence-electron chi connectivity index (χ1n) is 24.4. The minimum absolute atomic E-state index is 0.404. The number of benzene rings is 8. The van der Waals surface area contributed by atoms with Gasteiger partial charge in [-0.05, 0) is 44.5 Å². The van der Waals surface area contributed by atoms with Crippen LogP contribution < -0.4 is 0 Å². The van der Waals surface area contributed by atoms with Crippen LogP contribution in [0.25, 0.3) is 146 Å². The topological polar surface area (TPSA) is 180 Å². The molecule has 14 nitrogen and oxygen atoms in total. The largest absolute Gasteiger partial charge is 0.236 e. The Bertz CT molecular complexity index is 3910. The quantitative estimate of drug-likeness (QED) is 0.118. The van der Waals surface area contributed by atoms with Crippen LogP contribution in [0.3, 0.4) is 0 Å². The maximum absolute atomic E-state index is 5.15. The summed E-state index contributed by atoms with van der Waals surface area (Å²) in [4.78, 5) is 68.4. The lowest BCUT2D eigenvalue weighted by Crippen LogP contribution is -2.03. The van der Waals surface area contributed by atoms with Gasteiger partial charge in [0.15, 0.2) is 58.2 Å². The second kappa shape index (κ2) is 18.6. The van der Waals surface area contributed by atoms with Crippen molar-refractivity contribution in [1.29, 1.82) is 0 Å². The molecule has 0 aliphatic carbocycles. The van der Waals surface area contributed by atoms with Crippen molar-refractivity contribution < 1.29 is 0 Å². The van der Waals surface area contributed by atoms with E-state index in [4.69, 9.17) is 69.8 Å². The highest BCUT2D eigenvalue weighted by molar-refractivity contribution is 6.27. The van der Waals surface area contributed by atoms with Gasteiger partial charge in [-0.2, -0.15) is 0 Å². The Labute approximate surface area is 433 Å². The van der Waals surface area contributed by atoms with Crippen molar-refractivity contribution in [3.63, 3.8) is 0 Å². The van der Waals surface area contributed by atoms with Crippen LogP contribution in [0.1, 0.15) is 0 Å². The SMILES string of the molecule is c1ccc(-c2ncc(-c3nc(-c4cnc(-c5ccccc5)nc4)nc(-c4ccc5ccc6c(-c7nc(-c8cnc(-c9ccccc9)nc8)nc(-c8cnc(-c9ccccc9)nc8)n7)ccc7ccc4c5c76)n3)cn2)cc1. The van der Waals surface area contributed by atoms with E-state index in [9.17, 15) is 0 Å². The molecule has 14 heteroatoms. The van der Waals surface area contributed by atoms with Gasteiger partial charge < -0.3 is 0 Å². The highest BCUT2D eigenvalue weighted by Gasteiger charge is 2.22. The third kappa shape index (κ3) is 8.13. The Morgan fingerprint density at radius 3 is 0.684 bits per heavy atom. The van der Waals surface area contributed by atoms with Gasteiger partial charge in [0.1, 0.15) is 0 Å². The molecule has 0 saturated heterocycles. The van der Waals surface area contributed by atoms with Gasteiger partial charge in [-0.25, -0.2) is 69.8 Å². The van der Waals surface area contributed by atoms with E-state index in [0.29, 0.717) is 80.5 Å².